The fourth-order valence-corrected chi connectivity index (χ4v) is 2.41. The number of ether oxygens (including phenoxy) is 2. The molecule has 0 aliphatic carbocycles. The Morgan fingerprint density at radius 1 is 1.24 bits per heavy atom. The van der Waals surface area contributed by atoms with Gasteiger partial charge in [-0.2, -0.15) is 5.10 Å². The summed E-state index contributed by atoms with van der Waals surface area (Å²) in [4.78, 5) is 4.23. The lowest BCUT2D eigenvalue weighted by molar-refractivity contribution is 0.162. The van der Waals surface area contributed by atoms with Crippen LogP contribution in [0.25, 0.3) is 0 Å². The van der Waals surface area contributed by atoms with Crippen LogP contribution < -0.4 is 9.47 Å². The van der Waals surface area contributed by atoms with E-state index in [1.54, 1.807) is 0 Å². The highest BCUT2D eigenvalue weighted by Crippen LogP contribution is 2.33. The summed E-state index contributed by atoms with van der Waals surface area (Å²) < 4.78 is 12.8. The second-order valence-corrected chi connectivity index (χ2v) is 5.34. The highest BCUT2D eigenvalue weighted by molar-refractivity contribution is 5.44. The largest absolute Gasteiger partial charge is 0.486 e. The second-order valence-electron chi connectivity index (χ2n) is 5.34. The van der Waals surface area contributed by atoms with Gasteiger partial charge in [-0.05, 0) is 31.5 Å². The minimum absolute atomic E-state index is 0.218. The number of aromatic nitrogens is 3. The van der Waals surface area contributed by atoms with Crippen LogP contribution in [0.4, 0.5) is 0 Å². The van der Waals surface area contributed by atoms with Crippen molar-refractivity contribution in [2.75, 3.05) is 13.2 Å². The van der Waals surface area contributed by atoms with E-state index < -0.39 is 6.10 Å². The Kier molecular flexibility index (Phi) is 3.79. The fraction of sp³-hybridized carbons (Fsp3) is 0.467. The molecule has 1 aromatic heterocycles. The highest BCUT2D eigenvalue weighted by Gasteiger charge is 2.18. The lowest BCUT2D eigenvalue weighted by Gasteiger charge is -2.20. The average Bonchev–Trinajstić information content (AvgIpc) is 2.95. The molecular weight excluding hydrogens is 270 g/mol. The van der Waals surface area contributed by atoms with Gasteiger partial charge in [0.2, 0.25) is 0 Å². The third kappa shape index (κ3) is 2.85. The van der Waals surface area contributed by atoms with Crippen molar-refractivity contribution >= 4 is 0 Å². The number of benzene rings is 1. The van der Waals surface area contributed by atoms with Crippen LogP contribution in [-0.2, 0) is 6.42 Å². The quantitative estimate of drug-likeness (QED) is 0.931. The molecule has 0 bridgehead atoms. The first-order chi connectivity index (χ1) is 10.1. The Balaban J connectivity index is 1.79. The Morgan fingerprint density at radius 2 is 2.00 bits per heavy atom. The first-order valence-corrected chi connectivity index (χ1v) is 7.11. The van der Waals surface area contributed by atoms with Crippen molar-refractivity contribution in [2.24, 2.45) is 0 Å². The summed E-state index contributed by atoms with van der Waals surface area (Å²) in [5, 5.41) is 14.6. The maximum absolute atomic E-state index is 10.4. The molecule has 0 radical (unpaired) electrons. The van der Waals surface area contributed by atoms with Crippen molar-refractivity contribution in [3.63, 3.8) is 0 Å². The molecule has 2 heterocycles. The van der Waals surface area contributed by atoms with Crippen LogP contribution in [0, 0.1) is 0 Å². The molecule has 112 valence electrons. The molecule has 1 aliphatic rings. The van der Waals surface area contributed by atoms with Gasteiger partial charge in [0.15, 0.2) is 11.5 Å². The van der Waals surface area contributed by atoms with E-state index in [1.165, 1.54) is 6.33 Å². The molecule has 1 unspecified atom stereocenters. The van der Waals surface area contributed by atoms with E-state index in [1.807, 2.05) is 36.7 Å². The van der Waals surface area contributed by atoms with E-state index in [2.05, 4.69) is 10.1 Å². The minimum Gasteiger partial charge on any atom is -0.486 e. The fourth-order valence-electron chi connectivity index (χ4n) is 2.41. The maximum atomic E-state index is 10.4. The van der Waals surface area contributed by atoms with Crippen molar-refractivity contribution in [3.05, 3.63) is 35.9 Å². The molecule has 6 heteroatoms. The van der Waals surface area contributed by atoms with Crippen LogP contribution in [0.2, 0.25) is 0 Å². The molecule has 1 N–H and O–H groups in total. The minimum atomic E-state index is -0.650. The normalized spacial score (nSPS) is 15.2. The van der Waals surface area contributed by atoms with Crippen molar-refractivity contribution < 1.29 is 14.6 Å². The molecule has 0 spiro atoms. The van der Waals surface area contributed by atoms with Gasteiger partial charge < -0.3 is 14.6 Å². The van der Waals surface area contributed by atoms with Crippen molar-refractivity contribution in [3.8, 4) is 11.5 Å². The van der Waals surface area contributed by atoms with Gasteiger partial charge in [0.1, 0.15) is 25.4 Å². The van der Waals surface area contributed by atoms with Gasteiger partial charge in [-0.25, -0.2) is 9.67 Å². The number of aliphatic hydroxyl groups excluding tert-OH is 1. The van der Waals surface area contributed by atoms with E-state index in [0.29, 0.717) is 25.4 Å². The third-order valence-corrected chi connectivity index (χ3v) is 3.46. The molecule has 3 rings (SSSR count). The number of hydrogen-bond acceptors (Lipinski definition) is 5. The zero-order chi connectivity index (χ0) is 14.8. The first-order valence-electron chi connectivity index (χ1n) is 7.11. The van der Waals surface area contributed by atoms with Crippen LogP contribution in [0.5, 0.6) is 11.5 Å². The monoisotopic (exact) mass is 289 g/mol. The topological polar surface area (TPSA) is 69.4 Å². The van der Waals surface area contributed by atoms with Gasteiger partial charge in [0.05, 0.1) is 6.10 Å². The molecule has 1 aliphatic heterocycles. The molecule has 2 aromatic rings. The number of fused-ring (bicyclic) bond motifs is 1. The van der Waals surface area contributed by atoms with Gasteiger partial charge in [-0.3, -0.25) is 0 Å². The van der Waals surface area contributed by atoms with E-state index in [9.17, 15) is 5.11 Å². The number of aliphatic hydroxyl groups is 1. The van der Waals surface area contributed by atoms with Crippen molar-refractivity contribution in [1.29, 1.82) is 0 Å². The average molecular weight is 289 g/mol. The summed E-state index contributed by atoms with van der Waals surface area (Å²) >= 11 is 0. The van der Waals surface area contributed by atoms with Crippen LogP contribution in [0.3, 0.4) is 0 Å². The Labute approximate surface area is 123 Å². The van der Waals surface area contributed by atoms with Crippen LogP contribution in [0.1, 0.15) is 37.4 Å². The summed E-state index contributed by atoms with van der Waals surface area (Å²) in [5.41, 5.74) is 0.789. The predicted octanol–water partition coefficient (Wildman–Crippen LogP) is 1.91. The summed E-state index contributed by atoms with van der Waals surface area (Å²) in [6, 6.07) is 5.74. The van der Waals surface area contributed by atoms with Crippen molar-refractivity contribution in [2.45, 2.75) is 32.4 Å². The standard InChI is InChI=1S/C15H19N3O3/c1-10(2)18-15(16-9-17-18)8-12(19)11-3-4-13-14(7-11)21-6-5-20-13/h3-4,7,9-10,12,19H,5-6,8H2,1-2H3. The molecule has 0 saturated carbocycles. The molecule has 0 saturated heterocycles. The zero-order valence-corrected chi connectivity index (χ0v) is 12.2. The van der Waals surface area contributed by atoms with E-state index in [0.717, 1.165) is 17.1 Å². The number of hydrogen-bond donors (Lipinski definition) is 1. The van der Waals surface area contributed by atoms with Gasteiger partial charge in [-0.15, -0.1) is 0 Å². The first kappa shape index (κ1) is 13.9. The highest BCUT2D eigenvalue weighted by atomic mass is 16.6. The van der Waals surface area contributed by atoms with Gasteiger partial charge in [0, 0.05) is 12.5 Å². The summed E-state index contributed by atoms with van der Waals surface area (Å²) in [7, 11) is 0. The van der Waals surface area contributed by atoms with Gasteiger partial charge in [0.25, 0.3) is 0 Å². The lowest BCUT2D eigenvalue weighted by atomic mass is 10.1. The van der Waals surface area contributed by atoms with E-state index >= 15 is 0 Å². The SMILES string of the molecule is CC(C)n1ncnc1CC(O)c1ccc2c(c1)OCCO2. The van der Waals surface area contributed by atoms with E-state index in [4.69, 9.17) is 9.47 Å². The van der Waals surface area contributed by atoms with Crippen molar-refractivity contribution in [1.82, 2.24) is 14.8 Å². The molecule has 1 atom stereocenters. The molecule has 0 fully saturated rings. The van der Waals surface area contributed by atoms with Crippen LogP contribution >= 0.6 is 0 Å². The summed E-state index contributed by atoms with van der Waals surface area (Å²) in [6.45, 7) is 5.17. The smallest absolute Gasteiger partial charge is 0.161 e. The molecule has 6 nitrogen and oxygen atoms in total. The lowest BCUT2D eigenvalue weighted by Crippen LogP contribution is -2.16. The van der Waals surface area contributed by atoms with Crippen LogP contribution in [0.15, 0.2) is 24.5 Å². The Bertz CT molecular complexity index is 624. The zero-order valence-electron chi connectivity index (χ0n) is 12.2. The molecular formula is C15H19N3O3. The molecule has 21 heavy (non-hydrogen) atoms. The Hall–Kier alpha value is -2.08. The van der Waals surface area contributed by atoms with E-state index in [-0.39, 0.29) is 6.04 Å². The molecule has 1 aromatic carbocycles. The predicted molar refractivity (Wildman–Crippen MR) is 76.5 cm³/mol. The maximum Gasteiger partial charge on any atom is 0.161 e. The van der Waals surface area contributed by atoms with Crippen LogP contribution in [-0.4, -0.2) is 33.1 Å². The number of rotatable bonds is 4. The third-order valence-electron chi connectivity index (χ3n) is 3.46. The second kappa shape index (κ2) is 5.73. The van der Waals surface area contributed by atoms with Gasteiger partial charge >= 0.3 is 0 Å². The van der Waals surface area contributed by atoms with Gasteiger partial charge in [-0.1, -0.05) is 6.07 Å². The summed E-state index contributed by atoms with van der Waals surface area (Å²) in [6.07, 6.45) is 1.28. The molecule has 0 amide bonds. The summed E-state index contributed by atoms with van der Waals surface area (Å²) in [5.74, 6) is 2.18. The number of nitrogens with zero attached hydrogens (tertiary/aromatic N) is 3. The Morgan fingerprint density at radius 3 is 2.76 bits per heavy atom.